The zero-order valence-corrected chi connectivity index (χ0v) is 19.9. The second kappa shape index (κ2) is 12.1. The molecular formula is C19H38IN5O2. The van der Waals surface area contributed by atoms with Gasteiger partial charge in [-0.05, 0) is 26.3 Å². The standard InChI is InChI=1S/C19H37N5O2.HI/c1-6-20-19(24-13-15(3)17(14-24)18(25)26-5)21-12-16(4)23-10-8-22(7-2)9-11-23;/h15-17H,6-14H2,1-5H3,(H,20,21);1H. The van der Waals surface area contributed by atoms with Gasteiger partial charge in [-0.15, -0.1) is 24.0 Å². The fourth-order valence-electron chi connectivity index (χ4n) is 3.88. The summed E-state index contributed by atoms with van der Waals surface area (Å²) in [5, 5.41) is 3.39. The summed E-state index contributed by atoms with van der Waals surface area (Å²) in [6, 6.07) is 0.430. The van der Waals surface area contributed by atoms with E-state index in [-0.39, 0.29) is 41.8 Å². The van der Waals surface area contributed by atoms with Crippen molar-refractivity contribution < 1.29 is 9.53 Å². The van der Waals surface area contributed by atoms with Crippen molar-refractivity contribution in [2.45, 2.75) is 33.7 Å². The fourth-order valence-corrected chi connectivity index (χ4v) is 3.88. The number of carbonyl (C=O) groups excluding carboxylic acids is 1. The van der Waals surface area contributed by atoms with Crippen LogP contribution in [0.3, 0.4) is 0 Å². The van der Waals surface area contributed by atoms with Crippen LogP contribution in [0.1, 0.15) is 27.7 Å². The predicted octanol–water partition coefficient (Wildman–Crippen LogP) is 1.34. The molecule has 7 nitrogen and oxygen atoms in total. The third-order valence-corrected chi connectivity index (χ3v) is 5.73. The summed E-state index contributed by atoms with van der Waals surface area (Å²) < 4.78 is 4.95. The highest BCUT2D eigenvalue weighted by molar-refractivity contribution is 14.0. The lowest BCUT2D eigenvalue weighted by atomic mass is 9.99. The average Bonchev–Trinajstić information content (AvgIpc) is 3.05. The normalized spacial score (nSPS) is 25.8. The molecule has 3 unspecified atom stereocenters. The van der Waals surface area contributed by atoms with Crippen LogP contribution in [0.5, 0.6) is 0 Å². The molecule has 2 rings (SSSR count). The molecular weight excluding hydrogens is 457 g/mol. The van der Waals surface area contributed by atoms with Crippen molar-refractivity contribution in [1.82, 2.24) is 20.0 Å². The van der Waals surface area contributed by atoms with E-state index in [1.54, 1.807) is 0 Å². The van der Waals surface area contributed by atoms with E-state index in [0.717, 1.165) is 58.3 Å². The molecule has 158 valence electrons. The highest BCUT2D eigenvalue weighted by Crippen LogP contribution is 2.24. The van der Waals surface area contributed by atoms with E-state index in [4.69, 9.17) is 9.73 Å². The van der Waals surface area contributed by atoms with Gasteiger partial charge in [0, 0.05) is 51.9 Å². The minimum Gasteiger partial charge on any atom is -0.469 e. The highest BCUT2D eigenvalue weighted by Gasteiger charge is 2.37. The van der Waals surface area contributed by atoms with Crippen molar-refractivity contribution in [2.75, 3.05) is 66.0 Å². The summed E-state index contributed by atoms with van der Waals surface area (Å²) in [4.78, 5) is 24.1. The fraction of sp³-hybridized carbons (Fsp3) is 0.895. The molecule has 0 radical (unpaired) electrons. The molecule has 2 aliphatic heterocycles. The number of nitrogens with one attached hydrogen (secondary N) is 1. The Morgan fingerprint density at radius 1 is 1.22 bits per heavy atom. The predicted molar refractivity (Wildman–Crippen MR) is 121 cm³/mol. The third-order valence-electron chi connectivity index (χ3n) is 5.73. The van der Waals surface area contributed by atoms with Gasteiger partial charge in [-0.3, -0.25) is 14.7 Å². The minimum absolute atomic E-state index is 0. The van der Waals surface area contributed by atoms with Crippen molar-refractivity contribution in [3.8, 4) is 0 Å². The first-order valence-corrected chi connectivity index (χ1v) is 10.1. The van der Waals surface area contributed by atoms with Crippen LogP contribution < -0.4 is 5.32 Å². The minimum atomic E-state index is -0.113. The largest absolute Gasteiger partial charge is 0.469 e. The number of hydrogen-bond donors (Lipinski definition) is 1. The number of carbonyl (C=O) groups is 1. The number of aliphatic imine (C=N–C) groups is 1. The van der Waals surface area contributed by atoms with Crippen LogP contribution >= 0.6 is 24.0 Å². The zero-order valence-electron chi connectivity index (χ0n) is 17.6. The lowest BCUT2D eigenvalue weighted by Gasteiger charge is -2.37. The van der Waals surface area contributed by atoms with Gasteiger partial charge in [0.2, 0.25) is 0 Å². The molecule has 0 aromatic carbocycles. The van der Waals surface area contributed by atoms with Crippen molar-refractivity contribution >= 4 is 35.9 Å². The summed E-state index contributed by atoms with van der Waals surface area (Å²) in [5.41, 5.74) is 0. The Kier molecular flexibility index (Phi) is 10.9. The van der Waals surface area contributed by atoms with Crippen molar-refractivity contribution in [3.05, 3.63) is 0 Å². The second-order valence-corrected chi connectivity index (χ2v) is 7.53. The molecule has 2 fully saturated rings. The zero-order chi connectivity index (χ0) is 19.1. The number of nitrogens with zero attached hydrogens (tertiary/aromatic N) is 4. The number of rotatable bonds is 6. The van der Waals surface area contributed by atoms with Gasteiger partial charge in [-0.25, -0.2) is 0 Å². The van der Waals surface area contributed by atoms with Gasteiger partial charge < -0.3 is 19.9 Å². The van der Waals surface area contributed by atoms with Gasteiger partial charge in [0.1, 0.15) is 0 Å². The van der Waals surface area contributed by atoms with E-state index in [1.165, 1.54) is 7.11 Å². The lowest BCUT2D eigenvalue weighted by Crippen LogP contribution is -2.50. The number of halogens is 1. The molecule has 2 saturated heterocycles. The van der Waals surface area contributed by atoms with Crippen LogP contribution in [-0.2, 0) is 9.53 Å². The number of likely N-dealkylation sites (tertiary alicyclic amines) is 1. The van der Waals surface area contributed by atoms with E-state index in [9.17, 15) is 4.79 Å². The van der Waals surface area contributed by atoms with E-state index >= 15 is 0 Å². The molecule has 0 spiro atoms. The van der Waals surface area contributed by atoms with Crippen LogP contribution in [0.25, 0.3) is 0 Å². The Hall–Kier alpha value is -0.610. The average molecular weight is 495 g/mol. The first-order chi connectivity index (χ1) is 12.5. The Bertz CT molecular complexity index is 483. The quantitative estimate of drug-likeness (QED) is 0.260. The molecule has 0 aromatic heterocycles. The topological polar surface area (TPSA) is 60.4 Å². The molecule has 2 heterocycles. The van der Waals surface area contributed by atoms with Gasteiger partial charge in [-0.1, -0.05) is 13.8 Å². The third kappa shape index (κ3) is 6.74. The van der Waals surface area contributed by atoms with Gasteiger partial charge in [0.15, 0.2) is 5.96 Å². The number of guanidine groups is 1. The van der Waals surface area contributed by atoms with Crippen LogP contribution in [0.2, 0.25) is 0 Å². The first kappa shape index (κ1) is 24.4. The summed E-state index contributed by atoms with van der Waals surface area (Å²) in [6.45, 7) is 17.5. The van der Waals surface area contributed by atoms with Crippen LogP contribution in [0.4, 0.5) is 0 Å². The molecule has 0 saturated carbocycles. The Morgan fingerprint density at radius 3 is 2.44 bits per heavy atom. The van der Waals surface area contributed by atoms with Gasteiger partial charge in [0.05, 0.1) is 19.6 Å². The van der Waals surface area contributed by atoms with Gasteiger partial charge >= 0.3 is 5.97 Å². The monoisotopic (exact) mass is 495 g/mol. The van der Waals surface area contributed by atoms with Crippen molar-refractivity contribution in [2.24, 2.45) is 16.8 Å². The van der Waals surface area contributed by atoms with Crippen LogP contribution in [-0.4, -0.2) is 98.7 Å². The smallest absolute Gasteiger partial charge is 0.310 e. The van der Waals surface area contributed by atoms with Crippen molar-refractivity contribution in [3.63, 3.8) is 0 Å². The van der Waals surface area contributed by atoms with Gasteiger partial charge in [0.25, 0.3) is 0 Å². The molecule has 0 aromatic rings. The second-order valence-electron chi connectivity index (χ2n) is 7.53. The van der Waals surface area contributed by atoms with E-state index in [0.29, 0.717) is 12.6 Å². The number of ether oxygens (including phenoxy) is 1. The lowest BCUT2D eigenvalue weighted by molar-refractivity contribution is -0.145. The maximum Gasteiger partial charge on any atom is 0.310 e. The van der Waals surface area contributed by atoms with E-state index in [2.05, 4.69) is 47.7 Å². The summed E-state index contributed by atoms with van der Waals surface area (Å²) in [7, 11) is 1.47. The number of methoxy groups -OCH3 is 1. The number of likely N-dealkylation sites (N-methyl/N-ethyl adjacent to an activating group) is 1. The Labute approximate surface area is 181 Å². The Morgan fingerprint density at radius 2 is 1.89 bits per heavy atom. The number of esters is 1. The van der Waals surface area contributed by atoms with Crippen molar-refractivity contribution in [1.29, 1.82) is 0 Å². The Balaban J connectivity index is 0.00000364. The summed E-state index contributed by atoms with van der Waals surface area (Å²) >= 11 is 0. The maximum absolute atomic E-state index is 12.0. The number of hydrogen-bond acceptors (Lipinski definition) is 5. The summed E-state index contributed by atoms with van der Waals surface area (Å²) in [5.74, 6) is 1.03. The first-order valence-electron chi connectivity index (χ1n) is 10.1. The SMILES string of the molecule is CCNC(=NCC(C)N1CCN(CC)CC1)N1CC(C)C(C(=O)OC)C1.I. The maximum atomic E-state index is 12.0. The molecule has 8 heteroatoms. The molecule has 3 atom stereocenters. The molecule has 0 aliphatic carbocycles. The van der Waals surface area contributed by atoms with Crippen LogP contribution in [0, 0.1) is 11.8 Å². The molecule has 0 bridgehead atoms. The molecule has 2 aliphatic rings. The van der Waals surface area contributed by atoms with Crippen LogP contribution in [0.15, 0.2) is 4.99 Å². The molecule has 1 N–H and O–H groups in total. The molecule has 27 heavy (non-hydrogen) atoms. The highest BCUT2D eigenvalue weighted by atomic mass is 127. The summed E-state index contributed by atoms with van der Waals surface area (Å²) in [6.07, 6.45) is 0. The van der Waals surface area contributed by atoms with E-state index in [1.807, 2.05) is 0 Å². The van der Waals surface area contributed by atoms with E-state index < -0.39 is 0 Å². The van der Waals surface area contributed by atoms with Gasteiger partial charge in [-0.2, -0.15) is 0 Å². The number of piperazine rings is 1. The molecule has 0 amide bonds.